The van der Waals surface area contributed by atoms with Gasteiger partial charge in [-0.2, -0.15) is 0 Å². The predicted molar refractivity (Wildman–Crippen MR) is 108 cm³/mol. The van der Waals surface area contributed by atoms with Crippen molar-refractivity contribution in [1.82, 2.24) is 16.0 Å². The van der Waals surface area contributed by atoms with Crippen molar-refractivity contribution >= 4 is 11.8 Å². The van der Waals surface area contributed by atoms with E-state index >= 15 is 0 Å². The van der Waals surface area contributed by atoms with E-state index in [9.17, 15) is 9.59 Å². The molecule has 2 aromatic carbocycles. The predicted octanol–water partition coefficient (Wildman–Crippen LogP) is 2.77. The molecule has 5 heteroatoms. The van der Waals surface area contributed by atoms with E-state index in [4.69, 9.17) is 0 Å². The number of unbranched alkanes of at least 4 members (excludes halogenated alkanes) is 1. The molecule has 5 nitrogen and oxygen atoms in total. The number of carbonyl (C=O) groups is 2. The van der Waals surface area contributed by atoms with Crippen LogP contribution in [0.3, 0.4) is 0 Å². The van der Waals surface area contributed by atoms with Crippen LogP contribution in [0.25, 0.3) is 0 Å². The molecule has 0 aliphatic carbocycles. The normalized spacial score (nSPS) is 11.6. The smallest absolute Gasteiger partial charge is 0.242 e. The standard InChI is InChI=1S/C22H29N3O2/c1-18(26)25-21(22(27)24-17-20-12-6-3-7-13-20)14-8-9-15-23-16-19-10-4-2-5-11-19/h2-7,10-13,21,23H,8-9,14-17H2,1H3,(H,24,27)(H,25,26)/t21-/m0/s1. The summed E-state index contributed by atoms with van der Waals surface area (Å²) in [5.41, 5.74) is 2.30. The topological polar surface area (TPSA) is 70.2 Å². The van der Waals surface area contributed by atoms with E-state index < -0.39 is 6.04 Å². The minimum atomic E-state index is -0.486. The SMILES string of the molecule is CC(=O)N[C@@H](CCCCNCc1ccccc1)C(=O)NCc1ccccc1. The van der Waals surface area contributed by atoms with Crippen LogP contribution in [0.15, 0.2) is 60.7 Å². The minimum absolute atomic E-state index is 0.133. The maximum Gasteiger partial charge on any atom is 0.242 e. The molecule has 1 atom stereocenters. The lowest BCUT2D eigenvalue weighted by atomic mass is 10.1. The number of carbonyl (C=O) groups excluding carboxylic acids is 2. The van der Waals surface area contributed by atoms with E-state index in [-0.39, 0.29) is 11.8 Å². The number of benzene rings is 2. The summed E-state index contributed by atoms with van der Waals surface area (Å²) in [4.78, 5) is 23.8. The van der Waals surface area contributed by atoms with Crippen molar-refractivity contribution in [2.45, 2.75) is 45.3 Å². The summed E-state index contributed by atoms with van der Waals surface area (Å²) < 4.78 is 0. The number of hydrogen-bond acceptors (Lipinski definition) is 3. The highest BCUT2D eigenvalue weighted by molar-refractivity contribution is 5.86. The Hall–Kier alpha value is -2.66. The van der Waals surface area contributed by atoms with Crippen LogP contribution in [0, 0.1) is 0 Å². The van der Waals surface area contributed by atoms with Gasteiger partial charge in [0.05, 0.1) is 0 Å². The molecule has 0 aliphatic heterocycles. The highest BCUT2D eigenvalue weighted by atomic mass is 16.2. The van der Waals surface area contributed by atoms with E-state index in [1.54, 1.807) is 0 Å². The van der Waals surface area contributed by atoms with Gasteiger partial charge in [-0.05, 0) is 36.9 Å². The highest BCUT2D eigenvalue weighted by Gasteiger charge is 2.18. The first kappa shape index (κ1) is 20.6. The molecule has 3 N–H and O–H groups in total. The van der Waals surface area contributed by atoms with Crippen LogP contribution in [-0.2, 0) is 22.7 Å². The Bertz CT molecular complexity index is 689. The largest absolute Gasteiger partial charge is 0.350 e. The molecule has 0 aromatic heterocycles. The van der Waals surface area contributed by atoms with Crippen LogP contribution in [-0.4, -0.2) is 24.4 Å². The van der Waals surface area contributed by atoms with E-state index in [2.05, 4.69) is 28.1 Å². The fourth-order valence-electron chi connectivity index (χ4n) is 2.85. The Morgan fingerprint density at radius 1 is 0.852 bits per heavy atom. The van der Waals surface area contributed by atoms with Crippen molar-refractivity contribution in [3.8, 4) is 0 Å². The second-order valence-corrected chi connectivity index (χ2v) is 6.61. The highest BCUT2D eigenvalue weighted by Crippen LogP contribution is 2.04. The molecule has 0 spiro atoms. The molecule has 0 bridgehead atoms. The van der Waals surface area contributed by atoms with E-state index in [1.807, 2.05) is 48.5 Å². The zero-order valence-corrected chi connectivity index (χ0v) is 15.9. The van der Waals surface area contributed by atoms with Gasteiger partial charge >= 0.3 is 0 Å². The van der Waals surface area contributed by atoms with Gasteiger partial charge in [-0.15, -0.1) is 0 Å². The Kier molecular flexibility index (Phi) is 9.07. The lowest BCUT2D eigenvalue weighted by Gasteiger charge is -2.17. The quantitative estimate of drug-likeness (QED) is 0.535. The molecule has 27 heavy (non-hydrogen) atoms. The fraction of sp³-hybridized carbons (Fsp3) is 0.364. The zero-order chi connectivity index (χ0) is 19.3. The molecule has 0 aliphatic rings. The number of hydrogen-bond donors (Lipinski definition) is 3. The Morgan fingerprint density at radius 2 is 1.44 bits per heavy atom. The van der Waals surface area contributed by atoms with Gasteiger partial charge in [-0.25, -0.2) is 0 Å². The van der Waals surface area contributed by atoms with Gasteiger partial charge in [-0.1, -0.05) is 60.7 Å². The van der Waals surface area contributed by atoms with Gasteiger partial charge in [0.25, 0.3) is 0 Å². The van der Waals surface area contributed by atoms with Gasteiger partial charge in [0.1, 0.15) is 6.04 Å². The Morgan fingerprint density at radius 3 is 2.04 bits per heavy atom. The number of rotatable bonds is 11. The lowest BCUT2D eigenvalue weighted by molar-refractivity contribution is -0.128. The summed E-state index contributed by atoms with van der Waals surface area (Å²) in [7, 11) is 0. The van der Waals surface area contributed by atoms with Crippen molar-refractivity contribution in [2.24, 2.45) is 0 Å². The van der Waals surface area contributed by atoms with Crippen LogP contribution < -0.4 is 16.0 Å². The van der Waals surface area contributed by atoms with E-state index in [0.29, 0.717) is 13.0 Å². The molecule has 2 aromatic rings. The average molecular weight is 367 g/mol. The lowest BCUT2D eigenvalue weighted by Crippen LogP contribution is -2.45. The third-order valence-electron chi connectivity index (χ3n) is 4.27. The fourth-order valence-corrected chi connectivity index (χ4v) is 2.85. The molecule has 0 unspecified atom stereocenters. The Balaban J connectivity index is 1.68. The van der Waals surface area contributed by atoms with Crippen molar-refractivity contribution in [2.75, 3.05) is 6.54 Å². The first-order valence-corrected chi connectivity index (χ1v) is 9.48. The van der Waals surface area contributed by atoms with Gasteiger partial charge in [-0.3, -0.25) is 9.59 Å². The molecule has 2 rings (SSSR count). The molecular weight excluding hydrogens is 338 g/mol. The third-order valence-corrected chi connectivity index (χ3v) is 4.27. The summed E-state index contributed by atoms with van der Waals surface area (Å²) >= 11 is 0. The van der Waals surface area contributed by atoms with Crippen LogP contribution in [0.4, 0.5) is 0 Å². The number of amides is 2. The van der Waals surface area contributed by atoms with Crippen LogP contribution in [0.5, 0.6) is 0 Å². The maximum atomic E-state index is 12.4. The monoisotopic (exact) mass is 367 g/mol. The van der Waals surface area contributed by atoms with Gasteiger partial charge in [0.2, 0.25) is 11.8 Å². The molecule has 2 amide bonds. The van der Waals surface area contributed by atoms with Gasteiger partial charge < -0.3 is 16.0 Å². The second kappa shape index (κ2) is 11.9. The van der Waals surface area contributed by atoms with Crippen LogP contribution in [0.1, 0.15) is 37.3 Å². The second-order valence-electron chi connectivity index (χ2n) is 6.61. The maximum absolute atomic E-state index is 12.4. The number of nitrogens with one attached hydrogen (secondary N) is 3. The summed E-state index contributed by atoms with van der Waals surface area (Å²) in [5, 5.41) is 9.07. The molecule has 144 valence electrons. The van der Waals surface area contributed by atoms with Gasteiger partial charge in [0, 0.05) is 20.0 Å². The van der Waals surface area contributed by atoms with Gasteiger partial charge in [0.15, 0.2) is 0 Å². The van der Waals surface area contributed by atoms with Crippen molar-refractivity contribution < 1.29 is 9.59 Å². The summed E-state index contributed by atoms with van der Waals surface area (Å²) in [6.45, 7) is 3.63. The summed E-state index contributed by atoms with van der Waals surface area (Å²) in [6, 6.07) is 19.5. The zero-order valence-electron chi connectivity index (χ0n) is 15.9. The summed E-state index contributed by atoms with van der Waals surface area (Å²) in [5.74, 6) is -0.316. The summed E-state index contributed by atoms with van der Waals surface area (Å²) in [6.07, 6.45) is 2.45. The molecule has 0 saturated carbocycles. The molecular formula is C22H29N3O2. The Labute approximate surface area is 161 Å². The van der Waals surface area contributed by atoms with Crippen molar-refractivity contribution in [3.05, 3.63) is 71.8 Å². The first-order valence-electron chi connectivity index (χ1n) is 9.48. The van der Waals surface area contributed by atoms with Crippen molar-refractivity contribution in [3.63, 3.8) is 0 Å². The molecule has 0 radical (unpaired) electrons. The molecule has 0 heterocycles. The molecule has 0 saturated heterocycles. The first-order chi connectivity index (χ1) is 13.1. The van der Waals surface area contributed by atoms with Crippen LogP contribution in [0.2, 0.25) is 0 Å². The molecule has 0 fully saturated rings. The van der Waals surface area contributed by atoms with Crippen molar-refractivity contribution in [1.29, 1.82) is 0 Å². The average Bonchev–Trinajstić information content (AvgIpc) is 2.69. The minimum Gasteiger partial charge on any atom is -0.350 e. The van der Waals surface area contributed by atoms with E-state index in [0.717, 1.165) is 31.5 Å². The van der Waals surface area contributed by atoms with E-state index in [1.165, 1.54) is 12.5 Å². The third kappa shape index (κ3) is 8.51. The van der Waals surface area contributed by atoms with Crippen LogP contribution >= 0.6 is 0 Å².